The summed E-state index contributed by atoms with van der Waals surface area (Å²) in [4.78, 5) is 0. The van der Waals surface area contributed by atoms with E-state index >= 15 is 0 Å². The molecule has 1 fully saturated rings. The molecular weight excluding hydrogens is 223 g/mol. The first-order chi connectivity index (χ1) is 8.29. The van der Waals surface area contributed by atoms with Crippen molar-refractivity contribution in [2.75, 3.05) is 13.2 Å². The molecule has 0 aliphatic carbocycles. The van der Waals surface area contributed by atoms with Crippen molar-refractivity contribution in [2.45, 2.75) is 32.3 Å². The maximum absolute atomic E-state index is 13.3. The van der Waals surface area contributed by atoms with E-state index in [1.165, 1.54) is 6.07 Å². The van der Waals surface area contributed by atoms with Gasteiger partial charge in [-0.3, -0.25) is 0 Å². The first-order valence-corrected chi connectivity index (χ1v) is 5.87. The molecule has 1 aromatic carbocycles. The summed E-state index contributed by atoms with van der Waals surface area (Å²) in [6, 6.07) is 6.61. The van der Waals surface area contributed by atoms with Crippen molar-refractivity contribution in [2.24, 2.45) is 0 Å². The Bertz CT molecular complexity index is 348. The van der Waals surface area contributed by atoms with Crippen molar-refractivity contribution < 1.29 is 18.6 Å². The Kier molecular flexibility index (Phi) is 4.48. The van der Waals surface area contributed by atoms with Gasteiger partial charge in [-0.2, -0.15) is 0 Å². The van der Waals surface area contributed by atoms with Crippen LogP contribution in [0.5, 0.6) is 0 Å². The summed E-state index contributed by atoms with van der Waals surface area (Å²) < 4.78 is 29.7. The van der Waals surface area contributed by atoms with E-state index in [9.17, 15) is 4.39 Å². The van der Waals surface area contributed by atoms with Crippen molar-refractivity contribution in [1.82, 2.24) is 0 Å². The molecule has 0 amide bonds. The van der Waals surface area contributed by atoms with E-state index in [1.54, 1.807) is 18.2 Å². The van der Waals surface area contributed by atoms with Gasteiger partial charge in [-0.1, -0.05) is 25.1 Å². The highest BCUT2D eigenvalue weighted by Gasteiger charge is 2.21. The highest BCUT2D eigenvalue weighted by atomic mass is 19.1. The average Bonchev–Trinajstić information content (AvgIpc) is 2.38. The minimum absolute atomic E-state index is 0.114. The van der Waals surface area contributed by atoms with Crippen molar-refractivity contribution in [1.29, 1.82) is 0 Å². The fourth-order valence-electron chi connectivity index (χ4n) is 1.68. The second kappa shape index (κ2) is 6.10. The molecule has 3 nitrogen and oxygen atoms in total. The van der Waals surface area contributed by atoms with Crippen LogP contribution < -0.4 is 0 Å². The number of halogens is 1. The zero-order chi connectivity index (χ0) is 12.1. The van der Waals surface area contributed by atoms with E-state index in [2.05, 4.69) is 0 Å². The largest absolute Gasteiger partial charge is 0.369 e. The SMILES string of the molecule is CC[C@H]1OC[C@@H](OCc2ccccc2F)CO1. The quantitative estimate of drug-likeness (QED) is 0.809. The predicted octanol–water partition coefficient (Wildman–Crippen LogP) is 2.49. The normalized spacial score (nSPS) is 24.8. The summed E-state index contributed by atoms with van der Waals surface area (Å²) in [5, 5.41) is 0. The summed E-state index contributed by atoms with van der Waals surface area (Å²) in [5.41, 5.74) is 0.560. The second-order valence-corrected chi connectivity index (χ2v) is 4.03. The third-order valence-corrected chi connectivity index (χ3v) is 2.70. The van der Waals surface area contributed by atoms with Crippen LogP contribution >= 0.6 is 0 Å². The second-order valence-electron chi connectivity index (χ2n) is 4.03. The minimum Gasteiger partial charge on any atom is -0.369 e. The molecule has 94 valence electrons. The van der Waals surface area contributed by atoms with Crippen LogP contribution in [0.3, 0.4) is 0 Å². The van der Waals surface area contributed by atoms with Gasteiger partial charge >= 0.3 is 0 Å². The van der Waals surface area contributed by atoms with Gasteiger partial charge in [-0.25, -0.2) is 4.39 Å². The molecule has 0 saturated carbocycles. The van der Waals surface area contributed by atoms with Gasteiger partial charge < -0.3 is 14.2 Å². The maximum Gasteiger partial charge on any atom is 0.157 e. The lowest BCUT2D eigenvalue weighted by molar-refractivity contribution is -0.228. The topological polar surface area (TPSA) is 27.7 Å². The van der Waals surface area contributed by atoms with Gasteiger partial charge in [0.2, 0.25) is 0 Å². The van der Waals surface area contributed by atoms with Crippen LogP contribution in [0.15, 0.2) is 24.3 Å². The van der Waals surface area contributed by atoms with Crippen LogP contribution in [0.25, 0.3) is 0 Å². The molecule has 0 aromatic heterocycles. The van der Waals surface area contributed by atoms with Gasteiger partial charge in [0.15, 0.2) is 6.29 Å². The van der Waals surface area contributed by atoms with Gasteiger partial charge in [0.1, 0.15) is 11.9 Å². The molecule has 17 heavy (non-hydrogen) atoms. The Labute approximate surface area is 100 Å². The molecule has 1 saturated heterocycles. The van der Waals surface area contributed by atoms with Crippen molar-refractivity contribution in [3.63, 3.8) is 0 Å². The Morgan fingerprint density at radius 3 is 2.65 bits per heavy atom. The molecule has 0 bridgehead atoms. The molecule has 1 aliphatic rings. The van der Waals surface area contributed by atoms with Crippen molar-refractivity contribution >= 4 is 0 Å². The van der Waals surface area contributed by atoms with Crippen LogP contribution in [0.2, 0.25) is 0 Å². The molecule has 0 unspecified atom stereocenters. The molecule has 0 atom stereocenters. The van der Waals surface area contributed by atoms with Crippen LogP contribution in [0.4, 0.5) is 4.39 Å². The summed E-state index contributed by atoms with van der Waals surface area (Å²) in [6.45, 7) is 3.27. The zero-order valence-electron chi connectivity index (χ0n) is 9.90. The Morgan fingerprint density at radius 1 is 1.29 bits per heavy atom. The molecule has 1 aromatic rings. The fraction of sp³-hybridized carbons (Fsp3) is 0.538. The number of hydrogen-bond acceptors (Lipinski definition) is 3. The van der Waals surface area contributed by atoms with E-state index in [4.69, 9.17) is 14.2 Å². The summed E-state index contributed by atoms with van der Waals surface area (Å²) in [5.74, 6) is -0.239. The Hall–Kier alpha value is -0.970. The van der Waals surface area contributed by atoms with Crippen LogP contribution in [-0.4, -0.2) is 25.6 Å². The molecule has 0 N–H and O–H groups in total. The molecule has 0 spiro atoms. The van der Waals surface area contributed by atoms with E-state index in [-0.39, 0.29) is 24.8 Å². The Balaban J connectivity index is 1.78. The fourth-order valence-corrected chi connectivity index (χ4v) is 1.68. The highest BCUT2D eigenvalue weighted by Crippen LogP contribution is 2.14. The Morgan fingerprint density at radius 2 is 2.00 bits per heavy atom. The number of rotatable bonds is 4. The minimum atomic E-state index is -0.239. The van der Waals surface area contributed by atoms with Gasteiger partial charge in [0.05, 0.1) is 19.8 Å². The van der Waals surface area contributed by atoms with Gasteiger partial charge in [-0.15, -0.1) is 0 Å². The number of benzene rings is 1. The van der Waals surface area contributed by atoms with E-state index in [0.717, 1.165) is 6.42 Å². The first kappa shape index (κ1) is 12.5. The van der Waals surface area contributed by atoms with Crippen LogP contribution in [-0.2, 0) is 20.8 Å². The smallest absolute Gasteiger partial charge is 0.157 e. The molecule has 1 aliphatic heterocycles. The van der Waals surface area contributed by atoms with Gasteiger partial charge in [0, 0.05) is 5.56 Å². The predicted molar refractivity (Wildman–Crippen MR) is 61.0 cm³/mol. The third kappa shape index (κ3) is 3.49. The lowest BCUT2D eigenvalue weighted by Gasteiger charge is -2.28. The van der Waals surface area contributed by atoms with Crippen molar-refractivity contribution in [3.8, 4) is 0 Å². The average molecular weight is 240 g/mol. The molecule has 0 radical (unpaired) electrons. The third-order valence-electron chi connectivity index (χ3n) is 2.70. The van der Waals surface area contributed by atoms with Gasteiger partial charge in [-0.05, 0) is 12.5 Å². The van der Waals surface area contributed by atoms with Crippen LogP contribution in [0, 0.1) is 5.82 Å². The molecule has 4 heteroatoms. The monoisotopic (exact) mass is 240 g/mol. The number of hydrogen-bond donors (Lipinski definition) is 0. The van der Waals surface area contributed by atoms with E-state index in [1.807, 2.05) is 6.92 Å². The van der Waals surface area contributed by atoms with Crippen molar-refractivity contribution in [3.05, 3.63) is 35.6 Å². The highest BCUT2D eigenvalue weighted by molar-refractivity contribution is 5.16. The summed E-state index contributed by atoms with van der Waals surface area (Å²) >= 11 is 0. The molecule has 1 heterocycles. The van der Waals surface area contributed by atoms with E-state index in [0.29, 0.717) is 18.8 Å². The first-order valence-electron chi connectivity index (χ1n) is 5.87. The lowest BCUT2D eigenvalue weighted by atomic mass is 10.2. The maximum atomic E-state index is 13.3. The molecular formula is C13H17FO3. The van der Waals surface area contributed by atoms with Gasteiger partial charge in [0.25, 0.3) is 0 Å². The summed E-state index contributed by atoms with van der Waals surface area (Å²) in [7, 11) is 0. The van der Waals surface area contributed by atoms with Crippen LogP contribution in [0.1, 0.15) is 18.9 Å². The zero-order valence-corrected chi connectivity index (χ0v) is 9.90. The number of ether oxygens (including phenoxy) is 3. The lowest BCUT2D eigenvalue weighted by Crippen LogP contribution is -2.36. The standard InChI is InChI=1S/C13H17FO3/c1-2-13-16-8-11(9-17-13)15-7-10-5-3-4-6-12(10)14/h3-6,11,13H,2,7-9H2,1H3/t11-,13+. The van der Waals surface area contributed by atoms with E-state index < -0.39 is 0 Å². The summed E-state index contributed by atoms with van der Waals surface area (Å²) in [6.07, 6.45) is 0.598. The molecule has 2 rings (SSSR count).